The van der Waals surface area contributed by atoms with Gasteiger partial charge >= 0.3 is 6.18 Å². The molecule has 200 valence electrons. The highest BCUT2D eigenvalue weighted by Gasteiger charge is 2.31. The first-order valence-corrected chi connectivity index (χ1v) is 12.3. The van der Waals surface area contributed by atoms with Crippen LogP contribution >= 0.6 is 11.6 Å². The second-order valence-corrected chi connectivity index (χ2v) is 9.54. The molecular weight excluding hydrogens is 531 g/mol. The molecule has 1 aromatic carbocycles. The van der Waals surface area contributed by atoms with Crippen molar-refractivity contribution in [1.29, 1.82) is 0 Å². The molecule has 0 aliphatic rings. The number of aryl methyl sites for hydroxylation is 2. The summed E-state index contributed by atoms with van der Waals surface area (Å²) in [5.41, 5.74) is 2.63. The molecule has 39 heavy (non-hydrogen) atoms. The molecule has 0 saturated carbocycles. The quantitative estimate of drug-likeness (QED) is 0.254. The number of benzene rings is 1. The smallest absolute Gasteiger partial charge is 0.416 e. The van der Waals surface area contributed by atoms with Crippen molar-refractivity contribution < 1.29 is 17.9 Å². The molecular formula is C28H23ClF3N5O2. The Labute approximate surface area is 226 Å². The van der Waals surface area contributed by atoms with Gasteiger partial charge in [0.2, 0.25) is 0 Å². The first-order valence-electron chi connectivity index (χ1n) is 11.9. The lowest BCUT2D eigenvalue weighted by Crippen LogP contribution is -2.23. The summed E-state index contributed by atoms with van der Waals surface area (Å²) in [7, 11) is 1.83. The zero-order chi connectivity index (χ0) is 27.9. The summed E-state index contributed by atoms with van der Waals surface area (Å²) in [6.45, 7) is 3.88. The van der Waals surface area contributed by atoms with Gasteiger partial charge in [0, 0.05) is 47.7 Å². The Balaban J connectivity index is 1.48. The van der Waals surface area contributed by atoms with Crippen LogP contribution in [0.25, 0.3) is 22.3 Å². The van der Waals surface area contributed by atoms with Crippen LogP contribution in [0.1, 0.15) is 28.1 Å². The number of hydrogen-bond acceptors (Lipinski definition) is 5. The second kappa shape index (κ2) is 10.2. The van der Waals surface area contributed by atoms with E-state index in [9.17, 15) is 18.0 Å². The van der Waals surface area contributed by atoms with Crippen LogP contribution in [-0.2, 0) is 26.4 Å². The fraction of sp³-hybridized carbons (Fsp3) is 0.214. The molecule has 0 N–H and O–H groups in total. The van der Waals surface area contributed by atoms with E-state index in [2.05, 4.69) is 9.97 Å². The minimum atomic E-state index is -4.59. The van der Waals surface area contributed by atoms with E-state index in [1.54, 1.807) is 17.0 Å². The lowest BCUT2D eigenvalue weighted by Gasteiger charge is -2.16. The molecule has 0 fully saturated rings. The van der Waals surface area contributed by atoms with E-state index in [0.29, 0.717) is 34.0 Å². The molecule has 0 bridgehead atoms. The normalized spacial score (nSPS) is 11.8. The largest absolute Gasteiger partial charge is 0.487 e. The van der Waals surface area contributed by atoms with E-state index in [4.69, 9.17) is 21.3 Å². The summed E-state index contributed by atoms with van der Waals surface area (Å²) in [4.78, 5) is 26.0. The first-order chi connectivity index (χ1) is 18.5. The van der Waals surface area contributed by atoms with Crippen LogP contribution in [0.2, 0.25) is 5.15 Å². The van der Waals surface area contributed by atoms with E-state index in [-0.39, 0.29) is 13.2 Å². The van der Waals surface area contributed by atoms with Crippen molar-refractivity contribution in [2.45, 2.75) is 33.2 Å². The van der Waals surface area contributed by atoms with Crippen LogP contribution in [-0.4, -0.2) is 24.1 Å². The van der Waals surface area contributed by atoms with E-state index in [1.807, 2.05) is 51.2 Å². The molecule has 0 aliphatic carbocycles. The van der Waals surface area contributed by atoms with Crippen molar-refractivity contribution in [1.82, 2.24) is 24.1 Å². The molecule has 0 saturated heterocycles. The number of aromatic nitrogens is 5. The number of rotatable bonds is 6. The van der Waals surface area contributed by atoms with Crippen molar-refractivity contribution in [2.75, 3.05) is 0 Å². The molecule has 0 unspecified atom stereocenters. The van der Waals surface area contributed by atoms with Crippen molar-refractivity contribution in [3.05, 3.63) is 105 Å². The maximum Gasteiger partial charge on any atom is 0.416 e. The maximum absolute atomic E-state index is 13.0. The zero-order valence-electron chi connectivity index (χ0n) is 21.3. The average Bonchev–Trinajstić information content (AvgIpc) is 3.21. The molecule has 0 spiro atoms. The van der Waals surface area contributed by atoms with Gasteiger partial charge in [0.15, 0.2) is 0 Å². The van der Waals surface area contributed by atoms with Gasteiger partial charge in [-0.25, -0.2) is 9.97 Å². The Hall–Kier alpha value is -4.18. The standard InChI is InChI=1S/C28H23ClF3N5O2/c1-16-7-9-33-22(14-37-10-8-18(12-25(37)38)28(30,31)32)21(16)15-39-23-6-4-5-19-20(11-17(2)35-26(19)23)27-34-13-24(29)36(27)3/h4-13H,14-15H2,1-3H3. The van der Waals surface area contributed by atoms with Gasteiger partial charge in [-0.3, -0.25) is 9.78 Å². The third kappa shape index (κ3) is 5.24. The molecule has 0 amide bonds. The summed E-state index contributed by atoms with van der Waals surface area (Å²) in [6, 6.07) is 10.8. The number of halogens is 4. The number of hydrogen-bond donors (Lipinski definition) is 0. The van der Waals surface area contributed by atoms with Crippen LogP contribution in [0.5, 0.6) is 5.75 Å². The topological polar surface area (TPSA) is 74.8 Å². The molecule has 7 nitrogen and oxygen atoms in total. The average molecular weight is 554 g/mol. The number of imidazole rings is 1. The van der Waals surface area contributed by atoms with Gasteiger partial charge in [-0.1, -0.05) is 23.7 Å². The third-order valence-electron chi connectivity index (χ3n) is 6.50. The lowest BCUT2D eigenvalue weighted by molar-refractivity contribution is -0.137. The molecule has 5 aromatic rings. The number of fused-ring (bicyclic) bond motifs is 1. The van der Waals surface area contributed by atoms with Gasteiger partial charge in [0.1, 0.15) is 28.9 Å². The molecule has 5 rings (SSSR count). The van der Waals surface area contributed by atoms with Gasteiger partial charge in [-0.05, 0) is 43.7 Å². The summed E-state index contributed by atoms with van der Waals surface area (Å²) in [6.07, 6.45) is -0.279. The van der Waals surface area contributed by atoms with Crippen molar-refractivity contribution in [2.24, 2.45) is 7.05 Å². The molecule has 11 heteroatoms. The van der Waals surface area contributed by atoms with Crippen LogP contribution < -0.4 is 10.3 Å². The highest BCUT2D eigenvalue weighted by Crippen LogP contribution is 2.34. The van der Waals surface area contributed by atoms with Gasteiger partial charge in [-0.15, -0.1) is 0 Å². The van der Waals surface area contributed by atoms with Gasteiger partial charge < -0.3 is 13.9 Å². The summed E-state index contributed by atoms with van der Waals surface area (Å²) >= 11 is 6.23. The van der Waals surface area contributed by atoms with Gasteiger partial charge in [-0.2, -0.15) is 13.2 Å². The van der Waals surface area contributed by atoms with Crippen LogP contribution in [0, 0.1) is 13.8 Å². The number of pyridine rings is 3. The Morgan fingerprint density at radius 3 is 2.56 bits per heavy atom. The van der Waals surface area contributed by atoms with E-state index in [1.165, 1.54) is 4.57 Å². The second-order valence-electron chi connectivity index (χ2n) is 9.15. The molecule has 4 heterocycles. The van der Waals surface area contributed by atoms with E-state index in [0.717, 1.165) is 40.0 Å². The Morgan fingerprint density at radius 1 is 1.08 bits per heavy atom. The SMILES string of the molecule is Cc1cc(-c2ncc(Cl)n2C)c2cccc(OCc3c(C)ccnc3Cn3ccc(C(F)(F)F)cc3=O)c2n1. The Bertz CT molecular complexity index is 1760. The van der Waals surface area contributed by atoms with E-state index >= 15 is 0 Å². The molecule has 4 aromatic heterocycles. The molecule has 0 aliphatic heterocycles. The van der Waals surface area contributed by atoms with Crippen molar-refractivity contribution >= 4 is 22.5 Å². The number of alkyl halides is 3. The highest BCUT2D eigenvalue weighted by molar-refractivity contribution is 6.29. The fourth-order valence-corrected chi connectivity index (χ4v) is 4.52. The van der Waals surface area contributed by atoms with Crippen molar-refractivity contribution in [3.8, 4) is 17.1 Å². The fourth-order valence-electron chi connectivity index (χ4n) is 4.40. The number of nitrogens with zero attached hydrogens (tertiary/aromatic N) is 5. The minimum Gasteiger partial charge on any atom is -0.487 e. The summed E-state index contributed by atoms with van der Waals surface area (Å²) in [5.74, 6) is 1.23. The van der Waals surface area contributed by atoms with Crippen molar-refractivity contribution in [3.63, 3.8) is 0 Å². The monoisotopic (exact) mass is 553 g/mol. The third-order valence-corrected chi connectivity index (χ3v) is 6.85. The lowest BCUT2D eigenvalue weighted by atomic mass is 10.1. The van der Waals surface area contributed by atoms with Gasteiger partial charge in [0.25, 0.3) is 5.56 Å². The molecule has 0 atom stereocenters. The first kappa shape index (κ1) is 26.4. The molecule has 0 radical (unpaired) electrons. The van der Waals surface area contributed by atoms with Gasteiger partial charge in [0.05, 0.1) is 24.0 Å². The minimum absolute atomic E-state index is 0.00565. The summed E-state index contributed by atoms with van der Waals surface area (Å²) in [5, 5.41) is 1.34. The zero-order valence-corrected chi connectivity index (χ0v) is 22.0. The van der Waals surface area contributed by atoms with E-state index < -0.39 is 17.3 Å². The summed E-state index contributed by atoms with van der Waals surface area (Å²) < 4.78 is 48.2. The van der Waals surface area contributed by atoms with Crippen LogP contribution in [0.4, 0.5) is 13.2 Å². The Kier molecular flexibility index (Phi) is 6.90. The predicted octanol–water partition coefficient (Wildman–Crippen LogP) is 6.11. The van der Waals surface area contributed by atoms with Crippen LogP contribution in [0.15, 0.2) is 65.8 Å². The van der Waals surface area contributed by atoms with Crippen LogP contribution in [0.3, 0.4) is 0 Å². The number of ether oxygens (including phenoxy) is 1. The Morgan fingerprint density at radius 2 is 1.87 bits per heavy atom. The number of para-hydroxylation sites is 1. The maximum atomic E-state index is 13.0. The predicted molar refractivity (Wildman–Crippen MR) is 142 cm³/mol. The highest BCUT2D eigenvalue weighted by atomic mass is 35.5.